The van der Waals surface area contributed by atoms with Crippen LogP contribution in [0.15, 0.2) is 24.3 Å². The van der Waals surface area contributed by atoms with Crippen LogP contribution in [0.1, 0.15) is 26.7 Å². The Kier molecular flexibility index (Phi) is 4.12. The molecule has 0 unspecified atom stereocenters. The minimum absolute atomic E-state index is 0.234. The Morgan fingerprint density at radius 2 is 2.11 bits per heavy atom. The number of hydrogen-bond acceptors (Lipinski definition) is 3. The van der Waals surface area contributed by atoms with Crippen LogP contribution in [-0.4, -0.2) is 32.3 Å². The first-order valence-electron chi connectivity index (χ1n) is 6.75. The van der Waals surface area contributed by atoms with Crippen LogP contribution in [-0.2, 0) is 0 Å². The number of benzene rings is 1. The third-order valence-electron chi connectivity index (χ3n) is 3.63. The molecule has 1 aliphatic heterocycles. The third-order valence-corrected chi connectivity index (χ3v) is 3.63. The Morgan fingerprint density at radius 3 is 2.89 bits per heavy atom. The summed E-state index contributed by atoms with van der Waals surface area (Å²) in [6.07, 6.45) is 2.34. The van der Waals surface area contributed by atoms with Crippen molar-refractivity contribution in [3.05, 3.63) is 24.3 Å². The lowest BCUT2D eigenvalue weighted by Gasteiger charge is -2.35. The zero-order chi connectivity index (χ0) is 13.0. The molecule has 0 aromatic heterocycles. The summed E-state index contributed by atoms with van der Waals surface area (Å²) in [4.78, 5) is 2.46. The molecule has 1 fully saturated rings. The predicted molar refractivity (Wildman–Crippen MR) is 76.5 cm³/mol. The first-order valence-corrected chi connectivity index (χ1v) is 6.75. The molecule has 0 aliphatic carbocycles. The van der Waals surface area contributed by atoms with Crippen molar-refractivity contribution in [2.75, 3.05) is 31.6 Å². The van der Waals surface area contributed by atoms with Crippen molar-refractivity contribution in [3.63, 3.8) is 0 Å². The van der Waals surface area contributed by atoms with Gasteiger partial charge in [0.2, 0.25) is 0 Å². The molecule has 1 aliphatic rings. The zero-order valence-corrected chi connectivity index (χ0v) is 11.7. The molecule has 3 heteroatoms. The quantitative estimate of drug-likeness (QED) is 0.871. The SMILES string of the molecule is COc1cccc(N2CCCNC(C)(C)CC2)c1. The standard InChI is InChI=1S/C15H24N2O/c1-15(2)8-11-17(10-5-9-16-15)13-6-4-7-14(12-13)18-3/h4,6-7,12,16H,5,8-11H2,1-3H3. The zero-order valence-electron chi connectivity index (χ0n) is 11.7. The van der Waals surface area contributed by atoms with E-state index in [0.29, 0.717) is 0 Å². The Balaban J connectivity index is 2.10. The Bertz CT molecular complexity index is 390. The fourth-order valence-corrected chi connectivity index (χ4v) is 2.38. The molecule has 1 saturated heterocycles. The van der Waals surface area contributed by atoms with Crippen molar-refractivity contribution in [1.82, 2.24) is 5.32 Å². The van der Waals surface area contributed by atoms with E-state index >= 15 is 0 Å². The average molecular weight is 248 g/mol. The van der Waals surface area contributed by atoms with Gasteiger partial charge in [0.05, 0.1) is 7.11 Å². The molecule has 0 amide bonds. The first kappa shape index (κ1) is 13.2. The summed E-state index contributed by atoms with van der Waals surface area (Å²) in [6, 6.07) is 8.36. The summed E-state index contributed by atoms with van der Waals surface area (Å²) in [5.41, 5.74) is 1.50. The van der Waals surface area contributed by atoms with Crippen molar-refractivity contribution in [2.24, 2.45) is 0 Å². The van der Waals surface area contributed by atoms with Gasteiger partial charge in [-0.1, -0.05) is 6.07 Å². The number of ether oxygens (including phenoxy) is 1. The van der Waals surface area contributed by atoms with Gasteiger partial charge >= 0.3 is 0 Å². The van der Waals surface area contributed by atoms with Gasteiger partial charge in [-0.3, -0.25) is 0 Å². The van der Waals surface area contributed by atoms with Crippen LogP contribution in [0.25, 0.3) is 0 Å². The van der Waals surface area contributed by atoms with Crippen molar-refractivity contribution >= 4 is 5.69 Å². The van der Waals surface area contributed by atoms with E-state index in [1.54, 1.807) is 7.11 Å². The molecule has 18 heavy (non-hydrogen) atoms. The maximum Gasteiger partial charge on any atom is 0.120 e. The van der Waals surface area contributed by atoms with E-state index in [2.05, 4.69) is 42.3 Å². The summed E-state index contributed by atoms with van der Waals surface area (Å²) in [5, 5.41) is 3.60. The van der Waals surface area contributed by atoms with Crippen molar-refractivity contribution in [1.29, 1.82) is 0 Å². The molecule has 1 heterocycles. The molecule has 1 N–H and O–H groups in total. The van der Waals surface area contributed by atoms with Crippen LogP contribution in [0.5, 0.6) is 5.75 Å². The molecular weight excluding hydrogens is 224 g/mol. The van der Waals surface area contributed by atoms with E-state index in [1.165, 1.54) is 12.1 Å². The molecule has 2 rings (SSSR count). The minimum atomic E-state index is 0.234. The van der Waals surface area contributed by atoms with E-state index in [4.69, 9.17) is 4.74 Å². The van der Waals surface area contributed by atoms with E-state index < -0.39 is 0 Å². The maximum atomic E-state index is 5.30. The molecular formula is C15H24N2O. The summed E-state index contributed by atoms with van der Waals surface area (Å²) >= 11 is 0. The van der Waals surface area contributed by atoms with E-state index in [-0.39, 0.29) is 5.54 Å². The molecule has 0 bridgehead atoms. The first-order chi connectivity index (χ1) is 8.61. The Hall–Kier alpha value is -1.22. The predicted octanol–water partition coefficient (Wildman–Crippen LogP) is 2.66. The third kappa shape index (κ3) is 3.39. The van der Waals surface area contributed by atoms with Gasteiger partial charge < -0.3 is 15.0 Å². The molecule has 1 aromatic rings. The molecule has 0 atom stereocenters. The van der Waals surface area contributed by atoms with Crippen LogP contribution < -0.4 is 15.0 Å². The smallest absolute Gasteiger partial charge is 0.120 e. The van der Waals surface area contributed by atoms with Crippen LogP contribution in [0.4, 0.5) is 5.69 Å². The molecule has 0 spiro atoms. The monoisotopic (exact) mass is 248 g/mol. The van der Waals surface area contributed by atoms with Crippen molar-refractivity contribution < 1.29 is 4.74 Å². The summed E-state index contributed by atoms with van der Waals surface area (Å²) in [6.45, 7) is 7.85. The van der Waals surface area contributed by atoms with Gasteiger partial charge in [0.25, 0.3) is 0 Å². The van der Waals surface area contributed by atoms with Crippen LogP contribution >= 0.6 is 0 Å². The number of rotatable bonds is 2. The van der Waals surface area contributed by atoms with Gasteiger partial charge in [-0.2, -0.15) is 0 Å². The van der Waals surface area contributed by atoms with E-state index in [1.807, 2.05) is 6.07 Å². The topological polar surface area (TPSA) is 24.5 Å². The number of methoxy groups -OCH3 is 1. The highest BCUT2D eigenvalue weighted by Gasteiger charge is 2.21. The molecule has 3 nitrogen and oxygen atoms in total. The lowest BCUT2D eigenvalue weighted by atomic mass is 9.98. The lowest BCUT2D eigenvalue weighted by Crippen LogP contribution is -2.46. The number of nitrogens with one attached hydrogen (secondary N) is 1. The number of nitrogens with zero attached hydrogens (tertiary/aromatic N) is 1. The average Bonchev–Trinajstić information content (AvgIpc) is 2.35. The largest absolute Gasteiger partial charge is 0.497 e. The minimum Gasteiger partial charge on any atom is -0.497 e. The van der Waals surface area contributed by atoms with Gasteiger partial charge in [0.1, 0.15) is 5.75 Å². The van der Waals surface area contributed by atoms with Gasteiger partial charge in [-0.15, -0.1) is 0 Å². The van der Waals surface area contributed by atoms with Gasteiger partial charge in [0, 0.05) is 30.4 Å². The van der Waals surface area contributed by atoms with E-state index in [0.717, 1.165) is 31.8 Å². The molecule has 0 saturated carbocycles. The Morgan fingerprint density at radius 1 is 1.28 bits per heavy atom. The highest BCUT2D eigenvalue weighted by molar-refractivity contribution is 5.50. The second-order valence-corrected chi connectivity index (χ2v) is 5.60. The van der Waals surface area contributed by atoms with Crippen molar-refractivity contribution in [3.8, 4) is 5.75 Å². The molecule has 1 aromatic carbocycles. The second kappa shape index (κ2) is 5.61. The summed E-state index contributed by atoms with van der Waals surface area (Å²) in [5.74, 6) is 0.937. The highest BCUT2D eigenvalue weighted by Crippen LogP contribution is 2.23. The van der Waals surface area contributed by atoms with Gasteiger partial charge in [-0.05, 0) is 45.4 Å². The molecule has 0 radical (unpaired) electrons. The van der Waals surface area contributed by atoms with Crippen LogP contribution in [0.2, 0.25) is 0 Å². The number of hydrogen-bond donors (Lipinski definition) is 1. The van der Waals surface area contributed by atoms with Gasteiger partial charge in [0.15, 0.2) is 0 Å². The van der Waals surface area contributed by atoms with Crippen LogP contribution in [0, 0.1) is 0 Å². The lowest BCUT2D eigenvalue weighted by molar-refractivity contribution is 0.346. The summed E-state index contributed by atoms with van der Waals surface area (Å²) in [7, 11) is 1.72. The summed E-state index contributed by atoms with van der Waals surface area (Å²) < 4.78 is 5.30. The highest BCUT2D eigenvalue weighted by atomic mass is 16.5. The van der Waals surface area contributed by atoms with E-state index in [9.17, 15) is 0 Å². The molecule has 100 valence electrons. The van der Waals surface area contributed by atoms with Crippen LogP contribution in [0.3, 0.4) is 0 Å². The fraction of sp³-hybridized carbons (Fsp3) is 0.600. The normalized spacial score (nSPS) is 20.1. The Labute approximate surface area is 110 Å². The fourth-order valence-electron chi connectivity index (χ4n) is 2.38. The maximum absolute atomic E-state index is 5.30. The second-order valence-electron chi connectivity index (χ2n) is 5.60. The van der Waals surface area contributed by atoms with Crippen molar-refractivity contribution in [2.45, 2.75) is 32.2 Å². The van der Waals surface area contributed by atoms with Gasteiger partial charge in [-0.25, -0.2) is 0 Å². The number of anilines is 1.